The smallest absolute Gasteiger partial charge is 0.254 e. The molecule has 2 rings (SSSR count). The standard InChI is InChI=1S/C16H23FN2O/c1-3-11-4-6-13(7-5-11)19-16(20)14-9-12(18)8-10(2)15(14)17/h8-9,11,13H,3-7,18H2,1-2H3,(H,19,20). The van der Waals surface area contributed by atoms with Crippen molar-refractivity contribution >= 4 is 11.6 Å². The lowest BCUT2D eigenvalue weighted by molar-refractivity contribution is 0.0917. The van der Waals surface area contributed by atoms with E-state index in [4.69, 9.17) is 5.73 Å². The number of aryl methyl sites for hydroxylation is 1. The number of halogens is 1. The Labute approximate surface area is 119 Å². The summed E-state index contributed by atoms with van der Waals surface area (Å²) in [5, 5.41) is 2.94. The summed E-state index contributed by atoms with van der Waals surface area (Å²) in [5.41, 5.74) is 6.57. The van der Waals surface area contributed by atoms with Crippen molar-refractivity contribution in [3.05, 3.63) is 29.1 Å². The van der Waals surface area contributed by atoms with E-state index in [9.17, 15) is 9.18 Å². The zero-order valence-corrected chi connectivity index (χ0v) is 12.2. The number of carbonyl (C=O) groups is 1. The Bertz CT molecular complexity index is 493. The van der Waals surface area contributed by atoms with Crippen LogP contribution in [0.15, 0.2) is 12.1 Å². The normalized spacial score (nSPS) is 22.6. The monoisotopic (exact) mass is 278 g/mol. The summed E-state index contributed by atoms with van der Waals surface area (Å²) >= 11 is 0. The van der Waals surface area contributed by atoms with Crippen LogP contribution >= 0.6 is 0 Å². The van der Waals surface area contributed by atoms with Crippen LogP contribution in [-0.4, -0.2) is 11.9 Å². The Morgan fingerprint density at radius 1 is 1.35 bits per heavy atom. The van der Waals surface area contributed by atoms with Crippen LogP contribution in [0.1, 0.15) is 54.9 Å². The third kappa shape index (κ3) is 3.30. The number of hydrogen-bond donors (Lipinski definition) is 2. The molecule has 110 valence electrons. The Morgan fingerprint density at radius 3 is 2.60 bits per heavy atom. The zero-order valence-electron chi connectivity index (χ0n) is 12.2. The molecule has 1 aliphatic carbocycles. The molecule has 0 spiro atoms. The Balaban J connectivity index is 2.02. The summed E-state index contributed by atoms with van der Waals surface area (Å²) in [5.74, 6) is -0.0497. The third-order valence-corrected chi connectivity index (χ3v) is 4.28. The van der Waals surface area contributed by atoms with E-state index in [0.29, 0.717) is 11.3 Å². The molecule has 0 radical (unpaired) electrons. The van der Waals surface area contributed by atoms with Crippen molar-refractivity contribution < 1.29 is 9.18 Å². The van der Waals surface area contributed by atoms with Crippen molar-refractivity contribution in [1.29, 1.82) is 0 Å². The molecular weight excluding hydrogens is 255 g/mol. The molecule has 1 aromatic rings. The van der Waals surface area contributed by atoms with Crippen LogP contribution in [0.25, 0.3) is 0 Å². The highest BCUT2D eigenvalue weighted by Crippen LogP contribution is 2.27. The van der Waals surface area contributed by atoms with E-state index in [2.05, 4.69) is 12.2 Å². The largest absolute Gasteiger partial charge is 0.399 e. The molecular formula is C16H23FN2O. The average Bonchev–Trinajstić information content (AvgIpc) is 2.43. The van der Waals surface area contributed by atoms with Crippen molar-refractivity contribution in [1.82, 2.24) is 5.32 Å². The van der Waals surface area contributed by atoms with Gasteiger partial charge in [0.15, 0.2) is 0 Å². The maximum atomic E-state index is 14.0. The number of rotatable bonds is 3. The zero-order chi connectivity index (χ0) is 14.7. The van der Waals surface area contributed by atoms with Gasteiger partial charge in [0.05, 0.1) is 5.56 Å². The summed E-state index contributed by atoms with van der Waals surface area (Å²) in [7, 11) is 0. The van der Waals surface area contributed by atoms with Crippen molar-refractivity contribution in [2.45, 2.75) is 52.0 Å². The summed E-state index contributed by atoms with van der Waals surface area (Å²) in [6.45, 7) is 3.82. The lowest BCUT2D eigenvalue weighted by atomic mass is 9.84. The minimum atomic E-state index is -0.473. The molecule has 1 amide bonds. The molecule has 0 saturated heterocycles. The predicted molar refractivity (Wildman–Crippen MR) is 79.1 cm³/mol. The van der Waals surface area contributed by atoms with Gasteiger partial charge in [-0.05, 0) is 56.2 Å². The first kappa shape index (κ1) is 14.8. The summed E-state index contributed by atoms with van der Waals surface area (Å²) < 4.78 is 14.0. The van der Waals surface area contributed by atoms with Gasteiger partial charge in [0.1, 0.15) is 5.82 Å². The van der Waals surface area contributed by atoms with Crippen molar-refractivity contribution in [3.8, 4) is 0 Å². The number of anilines is 1. The molecule has 1 aliphatic rings. The van der Waals surface area contributed by atoms with Crippen LogP contribution < -0.4 is 11.1 Å². The fourth-order valence-electron chi connectivity index (χ4n) is 2.94. The molecule has 3 N–H and O–H groups in total. The SMILES string of the molecule is CCC1CCC(NC(=O)c2cc(N)cc(C)c2F)CC1. The number of benzene rings is 1. The van der Waals surface area contributed by atoms with E-state index in [1.165, 1.54) is 12.5 Å². The van der Waals surface area contributed by atoms with Crippen LogP contribution in [0.4, 0.5) is 10.1 Å². The van der Waals surface area contributed by atoms with Gasteiger partial charge in [-0.2, -0.15) is 0 Å². The number of nitrogens with one attached hydrogen (secondary N) is 1. The van der Waals surface area contributed by atoms with Gasteiger partial charge in [-0.25, -0.2) is 4.39 Å². The second kappa shape index (κ2) is 6.25. The van der Waals surface area contributed by atoms with Gasteiger partial charge < -0.3 is 11.1 Å². The first-order valence-corrected chi connectivity index (χ1v) is 7.37. The minimum absolute atomic E-state index is 0.0557. The average molecular weight is 278 g/mol. The van der Waals surface area contributed by atoms with Gasteiger partial charge in [0.2, 0.25) is 0 Å². The second-order valence-corrected chi connectivity index (χ2v) is 5.80. The Morgan fingerprint density at radius 2 is 2.00 bits per heavy atom. The molecule has 3 nitrogen and oxygen atoms in total. The highest BCUT2D eigenvalue weighted by Gasteiger charge is 2.23. The van der Waals surface area contributed by atoms with Crippen LogP contribution in [0, 0.1) is 18.7 Å². The number of nitrogen functional groups attached to an aromatic ring is 1. The highest BCUT2D eigenvalue weighted by atomic mass is 19.1. The molecule has 0 aromatic heterocycles. The maximum absolute atomic E-state index is 14.0. The topological polar surface area (TPSA) is 55.1 Å². The van der Waals surface area contributed by atoms with Gasteiger partial charge in [-0.3, -0.25) is 4.79 Å². The molecule has 20 heavy (non-hydrogen) atoms. The Kier molecular flexibility index (Phi) is 4.63. The van der Waals surface area contributed by atoms with E-state index in [1.54, 1.807) is 13.0 Å². The molecule has 0 atom stereocenters. The lowest BCUT2D eigenvalue weighted by Gasteiger charge is -2.28. The van der Waals surface area contributed by atoms with E-state index >= 15 is 0 Å². The fourth-order valence-corrected chi connectivity index (χ4v) is 2.94. The van der Waals surface area contributed by atoms with Crippen LogP contribution in [0.3, 0.4) is 0 Å². The number of amides is 1. The Hall–Kier alpha value is -1.58. The van der Waals surface area contributed by atoms with Crippen molar-refractivity contribution in [2.24, 2.45) is 5.92 Å². The van der Waals surface area contributed by atoms with E-state index in [-0.39, 0.29) is 17.5 Å². The van der Waals surface area contributed by atoms with Gasteiger partial charge in [-0.1, -0.05) is 13.3 Å². The maximum Gasteiger partial charge on any atom is 0.254 e. The lowest BCUT2D eigenvalue weighted by Crippen LogP contribution is -2.38. The first-order chi connectivity index (χ1) is 9.51. The van der Waals surface area contributed by atoms with Gasteiger partial charge in [0, 0.05) is 11.7 Å². The van der Waals surface area contributed by atoms with Crippen molar-refractivity contribution in [2.75, 3.05) is 5.73 Å². The molecule has 0 bridgehead atoms. The fraction of sp³-hybridized carbons (Fsp3) is 0.562. The van der Waals surface area contributed by atoms with Gasteiger partial charge in [-0.15, -0.1) is 0 Å². The van der Waals surface area contributed by atoms with Crippen LogP contribution in [-0.2, 0) is 0 Å². The molecule has 1 saturated carbocycles. The number of hydrogen-bond acceptors (Lipinski definition) is 2. The molecule has 0 unspecified atom stereocenters. The third-order valence-electron chi connectivity index (χ3n) is 4.28. The summed E-state index contributed by atoms with van der Waals surface area (Å²) in [6.07, 6.45) is 5.43. The summed E-state index contributed by atoms with van der Waals surface area (Å²) in [4.78, 5) is 12.2. The highest BCUT2D eigenvalue weighted by molar-refractivity contribution is 5.95. The quantitative estimate of drug-likeness (QED) is 0.832. The number of nitrogens with two attached hydrogens (primary N) is 1. The van der Waals surface area contributed by atoms with Gasteiger partial charge in [0.25, 0.3) is 5.91 Å². The van der Waals surface area contributed by atoms with E-state index in [1.807, 2.05) is 0 Å². The minimum Gasteiger partial charge on any atom is -0.399 e. The summed E-state index contributed by atoms with van der Waals surface area (Å²) in [6, 6.07) is 3.11. The van der Waals surface area contributed by atoms with Gasteiger partial charge >= 0.3 is 0 Å². The van der Waals surface area contributed by atoms with Crippen LogP contribution in [0.5, 0.6) is 0 Å². The predicted octanol–water partition coefficient (Wildman–Crippen LogP) is 3.41. The molecule has 1 aromatic carbocycles. The molecule has 1 fully saturated rings. The van der Waals surface area contributed by atoms with Crippen molar-refractivity contribution in [3.63, 3.8) is 0 Å². The molecule has 4 heteroatoms. The number of carbonyl (C=O) groups excluding carboxylic acids is 1. The van der Waals surface area contributed by atoms with Crippen LogP contribution in [0.2, 0.25) is 0 Å². The molecule has 0 aliphatic heterocycles. The van der Waals surface area contributed by atoms with E-state index in [0.717, 1.165) is 31.6 Å². The van der Waals surface area contributed by atoms with E-state index < -0.39 is 5.82 Å². The molecule has 0 heterocycles. The first-order valence-electron chi connectivity index (χ1n) is 7.37. The second-order valence-electron chi connectivity index (χ2n) is 5.80.